The van der Waals surface area contributed by atoms with Crippen LogP contribution in [0.4, 0.5) is 0 Å². The molecule has 0 heterocycles. The van der Waals surface area contributed by atoms with Gasteiger partial charge in [0.15, 0.2) is 0 Å². The lowest BCUT2D eigenvalue weighted by Crippen LogP contribution is -2.03. The molecule has 0 amide bonds. The number of rotatable bonds is 2. The molecular formula is C31H46. The maximum atomic E-state index is 4.06. The number of aryl methyl sites for hydroxylation is 1. The fourth-order valence-corrected chi connectivity index (χ4v) is 4.17. The van der Waals surface area contributed by atoms with E-state index in [2.05, 4.69) is 69.8 Å². The van der Waals surface area contributed by atoms with Crippen LogP contribution in [-0.2, 0) is 6.42 Å². The van der Waals surface area contributed by atoms with E-state index in [-0.39, 0.29) is 0 Å². The van der Waals surface area contributed by atoms with E-state index >= 15 is 0 Å². The van der Waals surface area contributed by atoms with Crippen molar-refractivity contribution < 1.29 is 0 Å². The van der Waals surface area contributed by atoms with Gasteiger partial charge in [-0.2, -0.15) is 0 Å². The van der Waals surface area contributed by atoms with Gasteiger partial charge in [0, 0.05) is 0 Å². The molecular weight excluding hydrogens is 372 g/mol. The first-order chi connectivity index (χ1) is 15.1. The van der Waals surface area contributed by atoms with Crippen molar-refractivity contribution in [3.05, 3.63) is 70.8 Å². The minimum atomic E-state index is 0.480. The summed E-state index contributed by atoms with van der Waals surface area (Å²) in [4.78, 5) is 0. The average Bonchev–Trinajstić information content (AvgIpc) is 2.84. The van der Waals surface area contributed by atoms with E-state index in [1.807, 2.05) is 61.5 Å². The topological polar surface area (TPSA) is 0 Å². The summed E-state index contributed by atoms with van der Waals surface area (Å²) in [5.74, 6) is 0.480. The summed E-state index contributed by atoms with van der Waals surface area (Å²) in [7, 11) is 0. The predicted molar refractivity (Wildman–Crippen MR) is 149 cm³/mol. The zero-order valence-electron chi connectivity index (χ0n) is 22.1. The molecule has 1 aliphatic carbocycles. The van der Waals surface area contributed by atoms with E-state index in [9.17, 15) is 0 Å². The Morgan fingerprint density at radius 1 is 0.806 bits per heavy atom. The van der Waals surface area contributed by atoms with Crippen LogP contribution in [0.25, 0.3) is 33.7 Å². The van der Waals surface area contributed by atoms with Gasteiger partial charge >= 0.3 is 0 Å². The molecule has 0 nitrogen and oxygen atoms in total. The molecule has 0 aromatic heterocycles. The maximum Gasteiger partial charge on any atom is -0.00618 e. The third-order valence-corrected chi connectivity index (χ3v) is 5.11. The van der Waals surface area contributed by atoms with E-state index in [1.54, 1.807) is 0 Å². The second-order valence-corrected chi connectivity index (χ2v) is 6.85. The van der Waals surface area contributed by atoms with Gasteiger partial charge in [0.1, 0.15) is 0 Å². The number of benzene rings is 3. The summed E-state index contributed by atoms with van der Waals surface area (Å²) in [5, 5.41) is 5.64. The Morgan fingerprint density at radius 3 is 1.97 bits per heavy atom. The number of allylic oxidation sites excluding steroid dienone is 1. The molecule has 0 saturated carbocycles. The van der Waals surface area contributed by atoms with Crippen LogP contribution in [0.15, 0.2) is 43.0 Å². The molecule has 0 saturated heterocycles. The molecule has 4 rings (SSSR count). The largest absolute Gasteiger partial charge is 0.0984 e. The second kappa shape index (κ2) is 14.6. The highest BCUT2D eigenvalue weighted by Crippen LogP contribution is 2.43. The van der Waals surface area contributed by atoms with Gasteiger partial charge in [-0.1, -0.05) is 124 Å². The molecule has 0 fully saturated rings. The standard InChI is InChI=1S/C23H22.4C2H6/c1-5-16-13-12-15(4)21-19-11-7-9-17-8-6-10-18(22(17)19)20(14(2)3)23(16)21;4*1-2/h5-7,9-14H,1,8H2,2-4H3;4*1-2H3. The molecule has 0 bridgehead atoms. The van der Waals surface area contributed by atoms with Crippen LogP contribution >= 0.6 is 0 Å². The number of hydrogen-bond donors (Lipinski definition) is 0. The van der Waals surface area contributed by atoms with E-state index in [0.717, 1.165) is 6.42 Å². The van der Waals surface area contributed by atoms with Gasteiger partial charge in [-0.15, -0.1) is 0 Å². The monoisotopic (exact) mass is 418 g/mol. The lowest BCUT2D eigenvalue weighted by atomic mass is 9.80. The third kappa shape index (κ3) is 5.67. The Morgan fingerprint density at radius 2 is 1.42 bits per heavy atom. The molecule has 0 heteroatoms. The molecule has 0 aliphatic heterocycles. The van der Waals surface area contributed by atoms with Gasteiger partial charge in [-0.05, 0) is 68.6 Å². The van der Waals surface area contributed by atoms with E-state index < -0.39 is 0 Å². The van der Waals surface area contributed by atoms with Gasteiger partial charge in [0.2, 0.25) is 0 Å². The van der Waals surface area contributed by atoms with Gasteiger partial charge in [-0.3, -0.25) is 0 Å². The van der Waals surface area contributed by atoms with Gasteiger partial charge < -0.3 is 0 Å². The summed E-state index contributed by atoms with van der Waals surface area (Å²) >= 11 is 0. The van der Waals surface area contributed by atoms with Crippen LogP contribution < -0.4 is 0 Å². The summed E-state index contributed by atoms with van der Waals surface area (Å²) in [5.41, 5.74) is 6.93. The van der Waals surface area contributed by atoms with Crippen LogP contribution in [-0.4, -0.2) is 0 Å². The van der Waals surface area contributed by atoms with E-state index in [1.165, 1.54) is 49.4 Å². The molecule has 1 aliphatic rings. The summed E-state index contributed by atoms with van der Waals surface area (Å²) in [6, 6.07) is 11.2. The minimum absolute atomic E-state index is 0.480. The zero-order valence-corrected chi connectivity index (χ0v) is 22.1. The van der Waals surface area contributed by atoms with Crippen LogP contribution in [0.2, 0.25) is 0 Å². The van der Waals surface area contributed by atoms with Crippen molar-refractivity contribution in [2.75, 3.05) is 0 Å². The molecule has 0 radical (unpaired) electrons. The fraction of sp³-hybridized carbons (Fsp3) is 0.419. The van der Waals surface area contributed by atoms with Crippen LogP contribution in [0, 0.1) is 6.92 Å². The van der Waals surface area contributed by atoms with Crippen molar-refractivity contribution in [3.63, 3.8) is 0 Å². The average molecular weight is 419 g/mol. The maximum absolute atomic E-state index is 4.06. The van der Waals surface area contributed by atoms with E-state index in [0.29, 0.717) is 5.92 Å². The highest BCUT2D eigenvalue weighted by Gasteiger charge is 2.21. The fourth-order valence-electron chi connectivity index (χ4n) is 4.17. The second-order valence-electron chi connectivity index (χ2n) is 6.85. The van der Waals surface area contributed by atoms with Crippen molar-refractivity contribution in [2.24, 2.45) is 0 Å². The number of fused-ring (bicyclic) bond motifs is 2. The van der Waals surface area contributed by atoms with Gasteiger partial charge in [0.05, 0.1) is 0 Å². The highest BCUT2D eigenvalue weighted by atomic mass is 14.2. The van der Waals surface area contributed by atoms with Crippen molar-refractivity contribution in [2.45, 2.75) is 88.5 Å². The molecule has 170 valence electrons. The Balaban J connectivity index is 0.00000102. The number of hydrogen-bond acceptors (Lipinski definition) is 0. The van der Waals surface area contributed by atoms with Crippen molar-refractivity contribution in [3.8, 4) is 0 Å². The normalized spacial score (nSPS) is 10.6. The lowest BCUT2D eigenvalue weighted by Gasteiger charge is -2.24. The Kier molecular flexibility index (Phi) is 13.5. The first-order valence-corrected chi connectivity index (χ1v) is 12.4. The first-order valence-electron chi connectivity index (χ1n) is 12.4. The molecule has 31 heavy (non-hydrogen) atoms. The SMILES string of the molecule is C=Cc1ccc(C)c2c1c(C(C)C)c1c3c(cccc32)CC=C1.CC.CC.CC.CC. The molecule has 3 aromatic carbocycles. The van der Waals surface area contributed by atoms with Crippen molar-refractivity contribution in [1.82, 2.24) is 0 Å². The lowest BCUT2D eigenvalue weighted by molar-refractivity contribution is 0.874. The van der Waals surface area contributed by atoms with Crippen molar-refractivity contribution in [1.29, 1.82) is 0 Å². The molecule has 0 atom stereocenters. The third-order valence-electron chi connectivity index (χ3n) is 5.11. The van der Waals surface area contributed by atoms with Gasteiger partial charge in [-0.25, -0.2) is 0 Å². The smallest absolute Gasteiger partial charge is 0.00618 e. The van der Waals surface area contributed by atoms with Gasteiger partial charge in [0.25, 0.3) is 0 Å². The summed E-state index contributed by atoms with van der Waals surface area (Å²) < 4.78 is 0. The van der Waals surface area contributed by atoms with Crippen LogP contribution in [0.5, 0.6) is 0 Å². The molecule has 0 unspecified atom stereocenters. The van der Waals surface area contributed by atoms with Crippen LogP contribution in [0.1, 0.15) is 103 Å². The minimum Gasteiger partial charge on any atom is -0.0984 e. The van der Waals surface area contributed by atoms with Crippen molar-refractivity contribution >= 4 is 33.7 Å². The highest BCUT2D eigenvalue weighted by molar-refractivity contribution is 6.17. The molecule has 0 N–H and O–H groups in total. The first kappa shape index (κ1) is 28.7. The summed E-state index contributed by atoms with van der Waals surface area (Å²) in [6.45, 7) is 26.9. The predicted octanol–water partition coefficient (Wildman–Crippen LogP) is 10.7. The molecule has 0 spiro atoms. The Bertz CT molecular complexity index is 984. The quantitative estimate of drug-likeness (QED) is 0.363. The summed E-state index contributed by atoms with van der Waals surface area (Å²) in [6.07, 6.45) is 7.67. The van der Waals surface area contributed by atoms with Crippen LogP contribution in [0.3, 0.4) is 0 Å². The zero-order chi connectivity index (χ0) is 24.1. The van der Waals surface area contributed by atoms with E-state index in [4.69, 9.17) is 0 Å². The Labute approximate surface area is 193 Å². The molecule has 3 aromatic rings. The Hall–Kier alpha value is -2.34.